The Morgan fingerprint density at radius 1 is 1.13 bits per heavy atom. The Kier molecular flexibility index (Phi) is 8.58. The minimum Gasteiger partial charge on any atom is -0.303 e. The maximum atomic E-state index is 14.3. The van der Waals surface area contributed by atoms with Gasteiger partial charge in [0.05, 0.1) is 6.04 Å². The molecule has 2 aliphatic rings. The Balaban J connectivity index is 0.000000478. The minimum atomic E-state index is -0.912. The third-order valence-corrected chi connectivity index (χ3v) is 6.31. The van der Waals surface area contributed by atoms with Crippen LogP contribution in [-0.2, 0) is 11.2 Å². The topological polar surface area (TPSA) is 32.3 Å². The highest BCUT2D eigenvalue weighted by Gasteiger charge is 2.40. The normalized spacial score (nSPS) is 23.3. The summed E-state index contributed by atoms with van der Waals surface area (Å²) in [6, 6.07) is 10.9. The molecule has 0 amide bonds. The Morgan fingerprint density at radius 3 is 2.42 bits per heavy atom. The van der Waals surface area contributed by atoms with Gasteiger partial charge in [0.25, 0.3) is 0 Å². The van der Waals surface area contributed by atoms with Crippen molar-refractivity contribution in [2.75, 3.05) is 19.3 Å². The van der Waals surface area contributed by atoms with Crippen molar-refractivity contribution in [2.24, 2.45) is 5.92 Å². The largest absolute Gasteiger partial charge is 0.303 e. The first-order valence-electron chi connectivity index (χ1n) is 10.6. The molecule has 1 aliphatic carbocycles. The number of carbonyl (C=O) groups excluding carboxylic acids is 1. The maximum Gasteiger partial charge on any atom is 0.130 e. The highest BCUT2D eigenvalue weighted by atomic mass is 32.2. The molecular weight excluding hydrogens is 421 g/mol. The number of likely N-dealkylation sites (tertiary alicyclic amines) is 1. The van der Waals surface area contributed by atoms with Crippen molar-refractivity contribution >= 4 is 18.2 Å². The number of carbonyl (C=O) groups is 1. The predicted molar refractivity (Wildman–Crippen MR) is 121 cm³/mol. The quantitative estimate of drug-likeness (QED) is 0.473. The number of aldehydes is 1. The third-order valence-electron chi connectivity index (χ3n) is 5.58. The van der Waals surface area contributed by atoms with E-state index in [-0.39, 0.29) is 12.1 Å². The lowest BCUT2D eigenvalue weighted by molar-refractivity contribution is -0.108. The molecule has 3 nitrogen and oxygen atoms in total. The predicted octanol–water partition coefficient (Wildman–Crippen LogP) is 5.05. The Bertz CT molecular complexity index is 857. The second-order valence-corrected chi connectivity index (χ2v) is 9.24. The molecule has 31 heavy (non-hydrogen) atoms. The van der Waals surface area contributed by atoms with E-state index < -0.39 is 17.8 Å². The van der Waals surface area contributed by atoms with E-state index in [0.29, 0.717) is 24.4 Å². The van der Waals surface area contributed by atoms with Gasteiger partial charge in [-0.25, -0.2) is 13.2 Å². The first-order valence-corrected chi connectivity index (χ1v) is 11.6. The summed E-state index contributed by atoms with van der Waals surface area (Å²) in [5, 5.41) is 0. The molecule has 3 unspecified atom stereocenters. The number of nitrogens with one attached hydrogen (secondary N) is 1. The first kappa shape index (κ1) is 23.8. The van der Waals surface area contributed by atoms with E-state index in [1.54, 1.807) is 0 Å². The zero-order valence-corrected chi connectivity index (χ0v) is 18.7. The fraction of sp³-hybridized carbons (Fsp3) is 0.458. The van der Waals surface area contributed by atoms with Crippen LogP contribution in [0.5, 0.6) is 0 Å². The van der Waals surface area contributed by atoms with Crippen molar-refractivity contribution in [1.29, 1.82) is 0 Å². The standard InChI is InChI=1S/C20H23F3N2S.C4H6O/c1-3-26-24-20-18(23)12-25(2)19(20)8-13-5-4-6-14(7-13)15-9-16(21)11-17(22)10-15;5-3-4-1-2-4/h4-7,9-11,18-20,24H,3,8,12H2,1-2H3;3-4H,1-2H2. The summed E-state index contributed by atoms with van der Waals surface area (Å²) in [5.41, 5.74) is 2.28. The molecule has 2 fully saturated rings. The van der Waals surface area contributed by atoms with E-state index in [1.165, 1.54) is 24.1 Å². The average molecular weight is 451 g/mol. The molecule has 2 aromatic carbocycles. The van der Waals surface area contributed by atoms with Gasteiger partial charge in [-0.3, -0.25) is 9.62 Å². The lowest BCUT2D eigenvalue weighted by atomic mass is 9.96. The van der Waals surface area contributed by atoms with Gasteiger partial charge in [0, 0.05) is 30.3 Å². The van der Waals surface area contributed by atoms with Gasteiger partial charge in [0.2, 0.25) is 0 Å². The third kappa shape index (κ3) is 6.82. The van der Waals surface area contributed by atoms with Crippen LogP contribution in [0.2, 0.25) is 0 Å². The fourth-order valence-corrected chi connectivity index (χ4v) is 4.39. The number of rotatable bonds is 7. The van der Waals surface area contributed by atoms with Crippen LogP contribution in [0.1, 0.15) is 25.3 Å². The van der Waals surface area contributed by atoms with E-state index in [0.717, 1.165) is 42.1 Å². The van der Waals surface area contributed by atoms with Gasteiger partial charge in [-0.05, 0) is 55.1 Å². The second kappa shape index (κ2) is 11.2. The van der Waals surface area contributed by atoms with Crippen molar-refractivity contribution in [3.8, 4) is 11.1 Å². The number of nitrogens with zero attached hydrogens (tertiary/aromatic N) is 1. The molecule has 1 saturated carbocycles. The Hall–Kier alpha value is -1.83. The number of alkyl halides is 1. The highest BCUT2D eigenvalue weighted by Crippen LogP contribution is 2.27. The van der Waals surface area contributed by atoms with Crippen molar-refractivity contribution < 1.29 is 18.0 Å². The summed E-state index contributed by atoms with van der Waals surface area (Å²) >= 11 is 1.53. The zero-order chi connectivity index (χ0) is 22.4. The molecule has 1 heterocycles. The van der Waals surface area contributed by atoms with Gasteiger partial charge in [-0.2, -0.15) is 0 Å². The molecule has 1 saturated heterocycles. The van der Waals surface area contributed by atoms with Crippen LogP contribution in [0.15, 0.2) is 42.5 Å². The molecular formula is C24H29F3N2OS. The summed E-state index contributed by atoms with van der Waals surface area (Å²) < 4.78 is 44.6. The molecule has 1 aliphatic heterocycles. The van der Waals surface area contributed by atoms with Crippen LogP contribution in [0.3, 0.4) is 0 Å². The summed E-state index contributed by atoms with van der Waals surface area (Å²) in [7, 11) is 1.93. The van der Waals surface area contributed by atoms with E-state index in [9.17, 15) is 18.0 Å². The molecule has 4 rings (SSSR count). The van der Waals surface area contributed by atoms with Crippen LogP contribution in [-0.4, -0.2) is 48.8 Å². The van der Waals surface area contributed by atoms with Crippen molar-refractivity contribution in [1.82, 2.24) is 9.62 Å². The molecule has 0 bridgehead atoms. The second-order valence-electron chi connectivity index (χ2n) is 8.14. The van der Waals surface area contributed by atoms with Crippen LogP contribution >= 0.6 is 11.9 Å². The van der Waals surface area contributed by atoms with E-state index >= 15 is 0 Å². The van der Waals surface area contributed by atoms with Crippen LogP contribution < -0.4 is 4.72 Å². The lowest BCUT2D eigenvalue weighted by Gasteiger charge is -2.25. The number of hydrogen-bond donors (Lipinski definition) is 1. The monoisotopic (exact) mass is 450 g/mol. The Labute approximate surface area is 186 Å². The van der Waals surface area contributed by atoms with Gasteiger partial charge < -0.3 is 4.79 Å². The first-order chi connectivity index (χ1) is 14.9. The molecule has 0 spiro atoms. The molecule has 2 aromatic rings. The summed E-state index contributed by atoms with van der Waals surface area (Å²) in [6.07, 6.45) is 3.07. The zero-order valence-electron chi connectivity index (χ0n) is 17.9. The van der Waals surface area contributed by atoms with Gasteiger partial charge >= 0.3 is 0 Å². The van der Waals surface area contributed by atoms with Crippen molar-refractivity contribution in [3.05, 3.63) is 59.7 Å². The fourth-order valence-electron chi connectivity index (χ4n) is 3.73. The van der Waals surface area contributed by atoms with Crippen molar-refractivity contribution in [2.45, 2.75) is 44.4 Å². The maximum absolute atomic E-state index is 14.3. The van der Waals surface area contributed by atoms with Gasteiger partial charge in [0.1, 0.15) is 24.1 Å². The Morgan fingerprint density at radius 2 is 1.84 bits per heavy atom. The lowest BCUT2D eigenvalue weighted by Crippen LogP contribution is -2.42. The number of likely N-dealkylation sites (N-methyl/N-ethyl adjacent to an activating group) is 1. The molecule has 7 heteroatoms. The minimum absolute atomic E-state index is 0.0311. The number of hydrogen-bond acceptors (Lipinski definition) is 4. The summed E-state index contributed by atoms with van der Waals surface area (Å²) in [4.78, 5) is 11.6. The molecule has 1 N–H and O–H groups in total. The average Bonchev–Trinajstić information content (AvgIpc) is 3.54. The van der Waals surface area contributed by atoms with Crippen LogP contribution in [0, 0.1) is 17.6 Å². The smallest absolute Gasteiger partial charge is 0.130 e. The molecule has 0 aromatic heterocycles. The highest BCUT2D eigenvalue weighted by molar-refractivity contribution is 7.97. The van der Waals surface area contributed by atoms with Crippen molar-refractivity contribution in [3.63, 3.8) is 0 Å². The van der Waals surface area contributed by atoms with E-state index in [2.05, 4.69) is 4.72 Å². The van der Waals surface area contributed by atoms with Gasteiger partial charge in [-0.1, -0.05) is 43.1 Å². The summed E-state index contributed by atoms with van der Waals surface area (Å²) in [5.74, 6) is 0.138. The van der Waals surface area contributed by atoms with Gasteiger partial charge in [0.15, 0.2) is 0 Å². The molecule has 3 atom stereocenters. The van der Waals surface area contributed by atoms with E-state index in [1.807, 2.05) is 43.1 Å². The molecule has 0 radical (unpaired) electrons. The van der Waals surface area contributed by atoms with Crippen LogP contribution in [0.25, 0.3) is 11.1 Å². The van der Waals surface area contributed by atoms with E-state index in [4.69, 9.17) is 0 Å². The SMILES string of the molecule is CCSNC1C(F)CN(C)C1Cc1cccc(-c2cc(F)cc(F)c2)c1.O=CC1CC1. The van der Waals surface area contributed by atoms with Crippen LogP contribution in [0.4, 0.5) is 13.2 Å². The number of benzene rings is 2. The summed E-state index contributed by atoms with van der Waals surface area (Å²) in [6.45, 7) is 2.43. The molecule has 168 valence electrons. The van der Waals surface area contributed by atoms with Gasteiger partial charge in [-0.15, -0.1) is 0 Å². The number of halogens is 3.